The van der Waals surface area contributed by atoms with Crippen LogP contribution >= 0.6 is 0 Å². The molecule has 1 aromatic heterocycles. The summed E-state index contributed by atoms with van der Waals surface area (Å²) in [5.41, 5.74) is 1.14. The van der Waals surface area contributed by atoms with Gasteiger partial charge < -0.3 is 19.2 Å². The number of benzene rings is 1. The third-order valence-electron chi connectivity index (χ3n) is 3.01. The molecule has 3 N–H and O–H groups in total. The molecule has 0 unspecified atom stereocenters. The lowest BCUT2D eigenvalue weighted by Gasteiger charge is -2.05. The second kappa shape index (κ2) is 6.24. The highest BCUT2D eigenvalue weighted by molar-refractivity contribution is 7.81. The summed E-state index contributed by atoms with van der Waals surface area (Å²) in [7, 11) is -3.14. The average molecular weight is 328 g/mol. The third-order valence-corrected chi connectivity index (χ3v) is 3.39. The molecule has 0 bridgehead atoms. The van der Waals surface area contributed by atoms with Crippen molar-refractivity contribution in [2.75, 3.05) is 13.7 Å². The molecule has 1 amide bonds. The molecule has 0 saturated carbocycles. The minimum absolute atomic E-state index is 0.0869. The largest absolute Gasteiger partial charge is 0.497 e. The zero-order chi connectivity index (χ0) is 16.3. The Bertz CT molecular complexity index is 796. The number of H-pyrrole nitrogens is 1. The van der Waals surface area contributed by atoms with Crippen LogP contribution in [0, 0.1) is 0 Å². The number of amides is 1. The smallest absolute Gasteiger partial charge is 0.447 e. The summed E-state index contributed by atoms with van der Waals surface area (Å²) in [4.78, 5) is 13.7. The SMILES string of the molecule is COc1ccc2[nH]c(OS(=O)(=O)O)c(CCNC(C)=O)c2c1. The molecular formula is C13H16N2O6S. The van der Waals surface area contributed by atoms with Crippen LogP contribution in [0.2, 0.25) is 0 Å². The van der Waals surface area contributed by atoms with E-state index in [4.69, 9.17) is 9.29 Å². The maximum atomic E-state index is 11.0. The summed E-state index contributed by atoms with van der Waals surface area (Å²) >= 11 is 0. The van der Waals surface area contributed by atoms with Gasteiger partial charge in [0.1, 0.15) is 5.75 Å². The first-order valence-electron chi connectivity index (χ1n) is 6.40. The minimum atomic E-state index is -4.65. The molecule has 0 atom stereocenters. The van der Waals surface area contributed by atoms with Crippen molar-refractivity contribution in [3.05, 3.63) is 23.8 Å². The Morgan fingerprint density at radius 2 is 2.14 bits per heavy atom. The normalized spacial score (nSPS) is 11.4. The summed E-state index contributed by atoms with van der Waals surface area (Å²) in [5.74, 6) is 0.302. The van der Waals surface area contributed by atoms with Crippen molar-refractivity contribution in [3.8, 4) is 11.6 Å². The minimum Gasteiger partial charge on any atom is -0.497 e. The average Bonchev–Trinajstić information content (AvgIpc) is 2.73. The van der Waals surface area contributed by atoms with Gasteiger partial charge in [0, 0.05) is 29.9 Å². The van der Waals surface area contributed by atoms with Crippen LogP contribution in [0.4, 0.5) is 0 Å². The highest BCUT2D eigenvalue weighted by atomic mass is 32.3. The van der Waals surface area contributed by atoms with E-state index in [1.165, 1.54) is 14.0 Å². The molecule has 22 heavy (non-hydrogen) atoms. The lowest BCUT2D eigenvalue weighted by Crippen LogP contribution is -2.22. The predicted molar refractivity (Wildman–Crippen MR) is 79.4 cm³/mol. The molecule has 0 aliphatic rings. The van der Waals surface area contributed by atoms with Gasteiger partial charge in [-0.3, -0.25) is 9.35 Å². The van der Waals surface area contributed by atoms with Gasteiger partial charge in [-0.15, -0.1) is 0 Å². The third kappa shape index (κ3) is 3.89. The molecule has 0 aliphatic heterocycles. The number of hydrogen-bond donors (Lipinski definition) is 3. The van der Waals surface area contributed by atoms with E-state index in [1.807, 2.05) is 0 Å². The van der Waals surface area contributed by atoms with E-state index in [1.54, 1.807) is 18.2 Å². The molecule has 0 radical (unpaired) electrons. The molecule has 8 nitrogen and oxygen atoms in total. The summed E-state index contributed by atoms with van der Waals surface area (Å²) in [6.45, 7) is 1.68. The first-order chi connectivity index (χ1) is 10.3. The molecule has 0 aliphatic carbocycles. The lowest BCUT2D eigenvalue weighted by molar-refractivity contribution is -0.118. The van der Waals surface area contributed by atoms with Crippen molar-refractivity contribution in [1.29, 1.82) is 0 Å². The van der Waals surface area contributed by atoms with E-state index < -0.39 is 10.4 Å². The summed E-state index contributed by atoms with van der Waals surface area (Å²) in [6.07, 6.45) is 0.317. The first-order valence-corrected chi connectivity index (χ1v) is 7.76. The van der Waals surface area contributed by atoms with Crippen LogP contribution < -0.4 is 14.2 Å². The molecule has 0 saturated heterocycles. The molecule has 0 fully saturated rings. The standard InChI is InChI=1S/C13H16N2O6S/c1-8(16)14-6-5-10-11-7-9(20-2)3-4-12(11)15-13(10)21-22(17,18)19/h3-4,7,15H,5-6H2,1-2H3,(H,14,16)(H,17,18,19). The van der Waals surface area contributed by atoms with Gasteiger partial charge in [0.25, 0.3) is 0 Å². The van der Waals surface area contributed by atoms with E-state index in [9.17, 15) is 13.2 Å². The number of hydrogen-bond acceptors (Lipinski definition) is 5. The van der Waals surface area contributed by atoms with Crippen molar-refractivity contribution in [3.63, 3.8) is 0 Å². The number of nitrogens with one attached hydrogen (secondary N) is 2. The number of methoxy groups -OCH3 is 1. The van der Waals surface area contributed by atoms with Gasteiger partial charge in [-0.25, -0.2) is 0 Å². The Morgan fingerprint density at radius 3 is 2.73 bits per heavy atom. The fourth-order valence-corrected chi connectivity index (χ4v) is 2.47. The van der Waals surface area contributed by atoms with Gasteiger partial charge in [0.15, 0.2) is 0 Å². The number of aromatic nitrogens is 1. The number of ether oxygens (including phenoxy) is 1. The van der Waals surface area contributed by atoms with Gasteiger partial charge in [0.05, 0.1) is 7.11 Å². The molecule has 120 valence electrons. The Labute approximate surface area is 127 Å². The molecule has 0 spiro atoms. The van der Waals surface area contributed by atoms with Gasteiger partial charge in [-0.1, -0.05) is 0 Å². The van der Waals surface area contributed by atoms with E-state index in [0.717, 1.165) is 0 Å². The van der Waals surface area contributed by atoms with Gasteiger partial charge in [-0.05, 0) is 24.6 Å². The maximum Gasteiger partial charge on any atom is 0.447 e. The first kappa shape index (κ1) is 16.1. The highest BCUT2D eigenvalue weighted by Gasteiger charge is 2.18. The fraction of sp³-hybridized carbons (Fsp3) is 0.308. The van der Waals surface area contributed by atoms with Crippen molar-refractivity contribution < 1.29 is 26.7 Å². The van der Waals surface area contributed by atoms with Crippen LogP contribution in [0.15, 0.2) is 18.2 Å². The quantitative estimate of drug-likeness (QED) is 0.682. The van der Waals surface area contributed by atoms with Gasteiger partial charge in [0.2, 0.25) is 11.8 Å². The number of carbonyl (C=O) groups is 1. The fourth-order valence-electron chi connectivity index (χ4n) is 2.12. The molecule has 2 aromatic rings. The number of aromatic amines is 1. The number of carbonyl (C=O) groups excluding carboxylic acids is 1. The molecule has 1 aromatic carbocycles. The summed E-state index contributed by atoms with van der Waals surface area (Å²) in [5, 5.41) is 3.30. The second-order valence-corrected chi connectivity index (χ2v) is 5.61. The van der Waals surface area contributed by atoms with Crippen LogP contribution in [0.3, 0.4) is 0 Å². The Balaban J connectivity index is 2.44. The molecule has 2 rings (SSSR count). The second-order valence-electron chi connectivity index (χ2n) is 4.59. The van der Waals surface area contributed by atoms with E-state index in [-0.39, 0.29) is 11.8 Å². The predicted octanol–water partition coefficient (Wildman–Crippen LogP) is 1.04. The lowest BCUT2D eigenvalue weighted by atomic mass is 10.1. The molecule has 1 heterocycles. The zero-order valence-electron chi connectivity index (χ0n) is 12.0. The number of rotatable bonds is 6. The van der Waals surface area contributed by atoms with Crippen LogP contribution in [-0.2, 0) is 21.6 Å². The van der Waals surface area contributed by atoms with Gasteiger partial charge >= 0.3 is 10.4 Å². The van der Waals surface area contributed by atoms with Crippen molar-refractivity contribution >= 4 is 27.2 Å². The van der Waals surface area contributed by atoms with Crippen LogP contribution in [-0.4, -0.2) is 37.5 Å². The van der Waals surface area contributed by atoms with Crippen LogP contribution in [0.25, 0.3) is 10.9 Å². The summed E-state index contributed by atoms with van der Waals surface area (Å²) in [6, 6.07) is 5.12. The van der Waals surface area contributed by atoms with Crippen LogP contribution in [0.1, 0.15) is 12.5 Å². The zero-order valence-corrected chi connectivity index (χ0v) is 12.9. The van der Waals surface area contributed by atoms with E-state index >= 15 is 0 Å². The maximum absolute atomic E-state index is 11.0. The Hall–Kier alpha value is -2.26. The van der Waals surface area contributed by atoms with Gasteiger partial charge in [-0.2, -0.15) is 8.42 Å². The van der Waals surface area contributed by atoms with Crippen molar-refractivity contribution in [1.82, 2.24) is 10.3 Å². The van der Waals surface area contributed by atoms with E-state index in [0.29, 0.717) is 35.2 Å². The summed E-state index contributed by atoms with van der Waals surface area (Å²) < 4.78 is 40.5. The number of fused-ring (bicyclic) bond motifs is 1. The highest BCUT2D eigenvalue weighted by Crippen LogP contribution is 2.31. The van der Waals surface area contributed by atoms with Crippen molar-refractivity contribution in [2.24, 2.45) is 0 Å². The Morgan fingerprint density at radius 1 is 1.41 bits per heavy atom. The Kier molecular flexibility index (Phi) is 4.57. The topological polar surface area (TPSA) is 118 Å². The molecule has 9 heteroatoms. The monoisotopic (exact) mass is 328 g/mol. The van der Waals surface area contributed by atoms with Crippen molar-refractivity contribution in [2.45, 2.75) is 13.3 Å². The molecular weight excluding hydrogens is 312 g/mol. The van der Waals surface area contributed by atoms with E-state index in [2.05, 4.69) is 14.5 Å². The van der Waals surface area contributed by atoms with Crippen LogP contribution in [0.5, 0.6) is 11.6 Å².